The zero-order valence-electron chi connectivity index (χ0n) is 12.5. The van der Waals surface area contributed by atoms with Crippen molar-refractivity contribution in [2.45, 2.75) is 33.4 Å². The number of hydrogen-bond donors (Lipinski definition) is 1. The van der Waals surface area contributed by atoms with Crippen LogP contribution in [0.25, 0.3) is 0 Å². The van der Waals surface area contributed by atoms with Crippen molar-refractivity contribution in [1.29, 1.82) is 5.26 Å². The molecule has 1 aromatic carbocycles. The summed E-state index contributed by atoms with van der Waals surface area (Å²) in [6.45, 7) is 7.17. The maximum Gasteiger partial charge on any atom is 0.123 e. The Morgan fingerprint density at radius 2 is 1.86 bits per heavy atom. The predicted molar refractivity (Wildman–Crippen MR) is 84.5 cm³/mol. The summed E-state index contributed by atoms with van der Waals surface area (Å²) in [5.41, 5.74) is 1.08. The standard InChI is InChI=1S/C17H19FN2S/c1-17(2,3)16(12-4-6-13(18)7-5-12)20-11-15-9-8-14(10-19)21-15/h4-9,16,20H,11H2,1-3H3. The van der Waals surface area contributed by atoms with E-state index in [1.807, 2.05) is 24.3 Å². The van der Waals surface area contributed by atoms with Crippen LogP contribution in [0.5, 0.6) is 0 Å². The molecule has 1 heterocycles. The molecular formula is C17H19FN2S. The number of hydrogen-bond acceptors (Lipinski definition) is 3. The van der Waals surface area contributed by atoms with Gasteiger partial charge >= 0.3 is 0 Å². The molecule has 0 bridgehead atoms. The van der Waals surface area contributed by atoms with Crippen molar-refractivity contribution in [2.24, 2.45) is 5.41 Å². The first-order chi connectivity index (χ1) is 9.90. The molecular weight excluding hydrogens is 283 g/mol. The van der Waals surface area contributed by atoms with E-state index in [0.717, 1.165) is 15.3 Å². The van der Waals surface area contributed by atoms with E-state index in [-0.39, 0.29) is 17.3 Å². The molecule has 0 spiro atoms. The molecule has 2 nitrogen and oxygen atoms in total. The van der Waals surface area contributed by atoms with Gasteiger partial charge in [0.15, 0.2) is 0 Å². The second-order valence-electron chi connectivity index (χ2n) is 6.11. The van der Waals surface area contributed by atoms with Gasteiger partial charge in [-0.3, -0.25) is 0 Å². The number of rotatable bonds is 4. The number of nitrogens with zero attached hydrogens (tertiary/aromatic N) is 1. The van der Waals surface area contributed by atoms with Crippen molar-refractivity contribution in [2.75, 3.05) is 0 Å². The van der Waals surface area contributed by atoms with Gasteiger partial charge in [-0.2, -0.15) is 5.26 Å². The van der Waals surface area contributed by atoms with Crippen LogP contribution in [0, 0.1) is 22.6 Å². The van der Waals surface area contributed by atoms with E-state index < -0.39 is 0 Å². The van der Waals surface area contributed by atoms with Crippen LogP contribution in [0.4, 0.5) is 4.39 Å². The van der Waals surface area contributed by atoms with Crippen molar-refractivity contribution < 1.29 is 4.39 Å². The highest BCUT2D eigenvalue weighted by atomic mass is 32.1. The average molecular weight is 302 g/mol. The lowest BCUT2D eigenvalue weighted by molar-refractivity contribution is 0.271. The maximum absolute atomic E-state index is 13.1. The smallest absolute Gasteiger partial charge is 0.123 e. The fraction of sp³-hybridized carbons (Fsp3) is 0.353. The molecule has 0 saturated carbocycles. The van der Waals surface area contributed by atoms with E-state index in [0.29, 0.717) is 6.54 Å². The van der Waals surface area contributed by atoms with Gasteiger partial charge in [-0.25, -0.2) is 4.39 Å². The van der Waals surface area contributed by atoms with Gasteiger partial charge in [0, 0.05) is 17.5 Å². The first kappa shape index (κ1) is 15.7. The molecule has 0 aliphatic carbocycles. The van der Waals surface area contributed by atoms with Crippen LogP contribution in [0.1, 0.15) is 42.1 Å². The molecule has 1 atom stereocenters. The molecule has 0 saturated heterocycles. The molecule has 110 valence electrons. The number of halogens is 1. The highest BCUT2D eigenvalue weighted by Crippen LogP contribution is 2.33. The minimum absolute atomic E-state index is 0.00709. The third-order valence-corrected chi connectivity index (χ3v) is 4.31. The Hall–Kier alpha value is -1.70. The second-order valence-corrected chi connectivity index (χ2v) is 7.28. The van der Waals surface area contributed by atoms with Crippen molar-refractivity contribution in [3.8, 4) is 6.07 Å². The van der Waals surface area contributed by atoms with Crippen LogP contribution in [0.2, 0.25) is 0 Å². The number of benzene rings is 1. The molecule has 21 heavy (non-hydrogen) atoms. The zero-order chi connectivity index (χ0) is 15.5. The highest BCUT2D eigenvalue weighted by Gasteiger charge is 2.25. The molecule has 0 fully saturated rings. The van der Waals surface area contributed by atoms with Gasteiger partial charge < -0.3 is 5.32 Å². The summed E-state index contributed by atoms with van der Waals surface area (Å²) in [6, 6.07) is 12.7. The summed E-state index contributed by atoms with van der Waals surface area (Å²) < 4.78 is 13.1. The van der Waals surface area contributed by atoms with Gasteiger partial charge in [0.2, 0.25) is 0 Å². The van der Waals surface area contributed by atoms with Gasteiger partial charge in [0.1, 0.15) is 16.8 Å². The van der Waals surface area contributed by atoms with Gasteiger partial charge in [0.05, 0.1) is 0 Å². The molecule has 4 heteroatoms. The topological polar surface area (TPSA) is 35.8 Å². The van der Waals surface area contributed by atoms with E-state index in [9.17, 15) is 4.39 Å². The van der Waals surface area contributed by atoms with E-state index in [1.54, 1.807) is 0 Å². The summed E-state index contributed by atoms with van der Waals surface area (Å²) in [7, 11) is 0. The molecule has 2 aromatic rings. The predicted octanol–water partition coefficient (Wildman–Crippen LogP) is 4.64. The zero-order valence-corrected chi connectivity index (χ0v) is 13.3. The van der Waals surface area contributed by atoms with Gasteiger partial charge in [-0.15, -0.1) is 11.3 Å². The molecule has 0 aliphatic rings. The Kier molecular flexibility index (Phi) is 4.76. The minimum Gasteiger partial charge on any atom is -0.305 e. The summed E-state index contributed by atoms with van der Waals surface area (Å²) in [4.78, 5) is 1.85. The SMILES string of the molecule is CC(C)(C)C(NCc1ccc(C#N)s1)c1ccc(F)cc1. The van der Waals surface area contributed by atoms with E-state index >= 15 is 0 Å². The van der Waals surface area contributed by atoms with Crippen molar-refractivity contribution in [1.82, 2.24) is 5.32 Å². The highest BCUT2D eigenvalue weighted by molar-refractivity contribution is 7.12. The van der Waals surface area contributed by atoms with Gasteiger partial charge in [0.25, 0.3) is 0 Å². The maximum atomic E-state index is 13.1. The van der Waals surface area contributed by atoms with Crippen LogP contribution >= 0.6 is 11.3 Å². The van der Waals surface area contributed by atoms with Crippen LogP contribution in [-0.4, -0.2) is 0 Å². The second kappa shape index (κ2) is 6.38. The monoisotopic (exact) mass is 302 g/mol. The summed E-state index contributed by atoms with van der Waals surface area (Å²) in [6.07, 6.45) is 0. The average Bonchev–Trinajstić information content (AvgIpc) is 2.87. The van der Waals surface area contributed by atoms with E-state index in [1.165, 1.54) is 23.5 Å². The quantitative estimate of drug-likeness (QED) is 0.893. The lowest BCUT2D eigenvalue weighted by Crippen LogP contribution is -2.31. The minimum atomic E-state index is -0.219. The lowest BCUT2D eigenvalue weighted by atomic mass is 9.82. The van der Waals surface area contributed by atoms with Crippen molar-refractivity contribution in [3.05, 3.63) is 57.5 Å². The fourth-order valence-corrected chi connectivity index (χ4v) is 3.07. The molecule has 0 radical (unpaired) electrons. The molecule has 0 amide bonds. The first-order valence-corrected chi connectivity index (χ1v) is 7.69. The Morgan fingerprint density at radius 3 is 2.38 bits per heavy atom. The van der Waals surface area contributed by atoms with Crippen LogP contribution in [0.3, 0.4) is 0 Å². The molecule has 1 aromatic heterocycles. The summed E-state index contributed by atoms with van der Waals surface area (Å²) in [5.74, 6) is -0.219. The van der Waals surface area contributed by atoms with Crippen LogP contribution in [-0.2, 0) is 6.54 Å². The van der Waals surface area contributed by atoms with Crippen LogP contribution in [0.15, 0.2) is 36.4 Å². The number of thiophene rings is 1. The molecule has 2 rings (SSSR count). The summed E-state index contributed by atoms with van der Waals surface area (Å²) >= 11 is 1.50. The normalized spacial score (nSPS) is 12.9. The van der Waals surface area contributed by atoms with Crippen LogP contribution < -0.4 is 5.32 Å². The first-order valence-electron chi connectivity index (χ1n) is 6.88. The Bertz CT molecular complexity index is 632. The van der Waals surface area contributed by atoms with Crippen molar-refractivity contribution in [3.63, 3.8) is 0 Å². The molecule has 1 unspecified atom stereocenters. The Morgan fingerprint density at radius 1 is 1.19 bits per heavy atom. The fourth-order valence-electron chi connectivity index (χ4n) is 2.31. The number of nitrogens with one attached hydrogen (secondary N) is 1. The van der Waals surface area contributed by atoms with Crippen molar-refractivity contribution >= 4 is 11.3 Å². The Balaban J connectivity index is 2.14. The van der Waals surface area contributed by atoms with Gasteiger partial charge in [-0.05, 0) is 35.2 Å². The molecule has 1 N–H and O–H groups in total. The van der Waals surface area contributed by atoms with E-state index in [2.05, 4.69) is 32.2 Å². The molecule has 0 aliphatic heterocycles. The third kappa shape index (κ3) is 4.13. The van der Waals surface area contributed by atoms with Gasteiger partial charge in [-0.1, -0.05) is 32.9 Å². The third-order valence-electron chi connectivity index (χ3n) is 3.32. The largest absolute Gasteiger partial charge is 0.305 e. The Labute approximate surface area is 129 Å². The van der Waals surface area contributed by atoms with E-state index in [4.69, 9.17) is 5.26 Å². The summed E-state index contributed by atoms with van der Waals surface area (Å²) in [5, 5.41) is 12.4. The lowest BCUT2D eigenvalue weighted by Gasteiger charge is -2.32. The number of nitriles is 1.